The normalized spacial score (nSPS) is 29.7. The SMILES string of the molecule is C=O.CCOCC1(C)CNC[C@H]1CCN. The molecule has 0 aromatic carbocycles. The van der Waals surface area contributed by atoms with Crippen molar-refractivity contribution in [3.8, 4) is 0 Å². The third kappa shape index (κ3) is 4.28. The zero-order valence-corrected chi connectivity index (χ0v) is 9.92. The van der Waals surface area contributed by atoms with Crippen LogP contribution in [0.15, 0.2) is 0 Å². The first-order chi connectivity index (χ1) is 7.23. The van der Waals surface area contributed by atoms with Gasteiger partial charge in [-0.1, -0.05) is 6.92 Å². The van der Waals surface area contributed by atoms with Crippen LogP contribution in [0, 0.1) is 11.3 Å². The van der Waals surface area contributed by atoms with Crippen LogP contribution in [0.1, 0.15) is 20.3 Å². The van der Waals surface area contributed by atoms with Crippen molar-refractivity contribution in [1.29, 1.82) is 0 Å². The van der Waals surface area contributed by atoms with Gasteiger partial charge in [0, 0.05) is 18.6 Å². The van der Waals surface area contributed by atoms with Gasteiger partial charge in [-0.15, -0.1) is 0 Å². The van der Waals surface area contributed by atoms with Crippen molar-refractivity contribution < 1.29 is 9.53 Å². The van der Waals surface area contributed by atoms with Crippen molar-refractivity contribution >= 4 is 6.79 Å². The van der Waals surface area contributed by atoms with E-state index >= 15 is 0 Å². The van der Waals surface area contributed by atoms with E-state index in [1.165, 1.54) is 0 Å². The maximum atomic E-state index is 8.00. The summed E-state index contributed by atoms with van der Waals surface area (Å²) in [5.41, 5.74) is 5.89. The maximum absolute atomic E-state index is 8.00. The van der Waals surface area contributed by atoms with Crippen LogP contribution < -0.4 is 11.1 Å². The third-order valence-electron chi connectivity index (χ3n) is 3.06. The Morgan fingerprint density at radius 2 is 2.27 bits per heavy atom. The van der Waals surface area contributed by atoms with Gasteiger partial charge >= 0.3 is 0 Å². The van der Waals surface area contributed by atoms with Gasteiger partial charge < -0.3 is 20.6 Å². The fourth-order valence-corrected chi connectivity index (χ4v) is 2.08. The molecular weight excluding hydrogens is 192 g/mol. The van der Waals surface area contributed by atoms with Gasteiger partial charge in [-0.2, -0.15) is 0 Å². The first-order valence-corrected chi connectivity index (χ1v) is 5.50. The highest BCUT2D eigenvalue weighted by molar-refractivity contribution is 5.11. The van der Waals surface area contributed by atoms with Crippen molar-refractivity contribution in [2.45, 2.75) is 20.3 Å². The largest absolute Gasteiger partial charge is 0.381 e. The molecular formula is C11H24N2O2. The maximum Gasteiger partial charge on any atom is 0.106 e. The number of nitrogens with two attached hydrogens (primary N) is 1. The molecule has 1 unspecified atom stereocenters. The fourth-order valence-electron chi connectivity index (χ4n) is 2.08. The molecule has 0 radical (unpaired) electrons. The van der Waals surface area contributed by atoms with Gasteiger partial charge in [-0.3, -0.25) is 0 Å². The minimum Gasteiger partial charge on any atom is -0.381 e. The number of nitrogens with one attached hydrogen (secondary N) is 1. The van der Waals surface area contributed by atoms with Crippen molar-refractivity contribution in [3.05, 3.63) is 0 Å². The van der Waals surface area contributed by atoms with E-state index in [0.717, 1.165) is 39.3 Å². The van der Waals surface area contributed by atoms with Crippen molar-refractivity contribution in [3.63, 3.8) is 0 Å². The first kappa shape index (κ1) is 14.6. The molecule has 0 aromatic heterocycles. The molecule has 1 rings (SSSR count). The molecule has 4 heteroatoms. The highest BCUT2D eigenvalue weighted by Gasteiger charge is 2.38. The Balaban J connectivity index is 0.000000921. The minimum atomic E-state index is 0.301. The molecule has 0 bridgehead atoms. The van der Waals surface area contributed by atoms with Crippen LogP contribution in [0.5, 0.6) is 0 Å². The Morgan fingerprint density at radius 1 is 1.60 bits per heavy atom. The van der Waals surface area contributed by atoms with Crippen LogP contribution in [-0.4, -0.2) is 39.6 Å². The van der Waals surface area contributed by atoms with E-state index in [2.05, 4.69) is 12.2 Å². The predicted octanol–water partition coefficient (Wildman–Crippen LogP) is 0.413. The minimum absolute atomic E-state index is 0.301. The van der Waals surface area contributed by atoms with Crippen molar-refractivity contribution in [2.24, 2.45) is 17.1 Å². The number of rotatable bonds is 5. The van der Waals surface area contributed by atoms with Crippen LogP contribution in [0.2, 0.25) is 0 Å². The lowest BCUT2D eigenvalue weighted by atomic mass is 9.79. The molecule has 0 saturated carbocycles. The summed E-state index contributed by atoms with van der Waals surface area (Å²) in [4.78, 5) is 8.00. The van der Waals surface area contributed by atoms with E-state index < -0.39 is 0 Å². The fraction of sp³-hybridized carbons (Fsp3) is 0.909. The number of carbonyl (C=O) groups is 1. The molecule has 1 saturated heterocycles. The monoisotopic (exact) mass is 216 g/mol. The Morgan fingerprint density at radius 3 is 2.80 bits per heavy atom. The number of ether oxygens (including phenoxy) is 1. The molecule has 1 aliphatic heterocycles. The molecule has 4 nitrogen and oxygen atoms in total. The average molecular weight is 216 g/mol. The van der Waals surface area contributed by atoms with Gasteiger partial charge in [0.2, 0.25) is 0 Å². The smallest absolute Gasteiger partial charge is 0.106 e. The highest BCUT2D eigenvalue weighted by Crippen LogP contribution is 2.33. The molecule has 1 heterocycles. The molecule has 0 aliphatic carbocycles. The highest BCUT2D eigenvalue weighted by atomic mass is 16.5. The van der Waals surface area contributed by atoms with Gasteiger partial charge in [0.15, 0.2) is 0 Å². The third-order valence-corrected chi connectivity index (χ3v) is 3.06. The predicted molar refractivity (Wildman–Crippen MR) is 61.8 cm³/mol. The molecule has 2 atom stereocenters. The molecule has 0 amide bonds. The van der Waals surface area contributed by atoms with E-state index in [0.29, 0.717) is 11.3 Å². The van der Waals surface area contributed by atoms with Gasteiger partial charge in [0.1, 0.15) is 6.79 Å². The van der Waals surface area contributed by atoms with Crippen molar-refractivity contribution in [1.82, 2.24) is 5.32 Å². The second kappa shape index (κ2) is 7.79. The van der Waals surface area contributed by atoms with Crippen LogP contribution in [-0.2, 0) is 9.53 Å². The lowest BCUT2D eigenvalue weighted by molar-refractivity contribution is -0.0979. The van der Waals surface area contributed by atoms with E-state index in [4.69, 9.17) is 15.3 Å². The zero-order chi connectivity index (χ0) is 11.7. The van der Waals surface area contributed by atoms with Gasteiger partial charge in [-0.05, 0) is 32.4 Å². The number of carbonyl (C=O) groups excluding carboxylic acids is 1. The topological polar surface area (TPSA) is 64.3 Å². The van der Waals surface area contributed by atoms with Crippen LogP contribution >= 0.6 is 0 Å². The quantitative estimate of drug-likeness (QED) is 0.699. The van der Waals surface area contributed by atoms with Crippen LogP contribution in [0.25, 0.3) is 0 Å². The Kier molecular flexibility index (Phi) is 7.56. The summed E-state index contributed by atoms with van der Waals surface area (Å²) in [5.74, 6) is 0.684. The van der Waals surface area contributed by atoms with Crippen LogP contribution in [0.3, 0.4) is 0 Å². The molecule has 0 aromatic rings. The molecule has 90 valence electrons. The average Bonchev–Trinajstić information content (AvgIpc) is 2.62. The summed E-state index contributed by atoms with van der Waals surface area (Å²) in [7, 11) is 0. The van der Waals surface area contributed by atoms with E-state index in [1.54, 1.807) is 0 Å². The summed E-state index contributed by atoms with van der Waals surface area (Å²) in [6.07, 6.45) is 1.11. The second-order valence-corrected chi connectivity index (χ2v) is 4.20. The van der Waals surface area contributed by atoms with E-state index in [1.807, 2.05) is 13.7 Å². The first-order valence-electron chi connectivity index (χ1n) is 5.50. The standard InChI is InChI=1S/C10H22N2O.CH2O/c1-3-13-8-10(2)7-12-6-9(10)4-5-11;1-2/h9,12H,3-8,11H2,1-2H3;1H2/t9-,10?;/m1./s1. The molecule has 15 heavy (non-hydrogen) atoms. The number of hydrogen-bond acceptors (Lipinski definition) is 4. The molecule has 3 N–H and O–H groups in total. The summed E-state index contributed by atoms with van der Waals surface area (Å²) in [6, 6.07) is 0. The molecule has 1 aliphatic rings. The van der Waals surface area contributed by atoms with Gasteiger partial charge in [0.05, 0.1) is 6.61 Å². The van der Waals surface area contributed by atoms with Crippen molar-refractivity contribution in [2.75, 3.05) is 32.8 Å². The zero-order valence-electron chi connectivity index (χ0n) is 9.92. The second-order valence-electron chi connectivity index (χ2n) is 4.20. The molecule has 0 spiro atoms. The molecule has 1 fully saturated rings. The Hall–Kier alpha value is -0.450. The Labute approximate surface area is 92.6 Å². The van der Waals surface area contributed by atoms with Crippen LogP contribution in [0.4, 0.5) is 0 Å². The van der Waals surface area contributed by atoms with E-state index in [9.17, 15) is 0 Å². The van der Waals surface area contributed by atoms with Gasteiger partial charge in [-0.25, -0.2) is 0 Å². The number of hydrogen-bond donors (Lipinski definition) is 2. The van der Waals surface area contributed by atoms with E-state index in [-0.39, 0.29) is 0 Å². The summed E-state index contributed by atoms with van der Waals surface area (Å²) in [6.45, 7) is 11.0. The summed E-state index contributed by atoms with van der Waals surface area (Å²) >= 11 is 0. The Bertz CT molecular complexity index is 167. The summed E-state index contributed by atoms with van der Waals surface area (Å²) in [5, 5.41) is 3.42. The lowest BCUT2D eigenvalue weighted by Gasteiger charge is -2.29. The van der Waals surface area contributed by atoms with Gasteiger partial charge in [0.25, 0.3) is 0 Å². The lowest BCUT2D eigenvalue weighted by Crippen LogP contribution is -2.33. The summed E-state index contributed by atoms with van der Waals surface area (Å²) < 4.78 is 5.52.